The molecule has 3 N–H and O–H groups in total. The predicted octanol–water partition coefficient (Wildman–Crippen LogP) is 2.21. The highest BCUT2D eigenvalue weighted by Gasteiger charge is 2.08. The molecule has 0 amide bonds. The number of nitrogens with two attached hydrogens (primary N) is 1. The largest absolute Gasteiger partial charge is 0.477 e. The standard InChI is InChI=1S/C5H4BrNO2S.ClH/c6-4-2(7)1-3(10-4)5(8)9;/h1H,7H2,(H,8,9);1H. The summed E-state index contributed by atoms with van der Waals surface area (Å²) < 4.78 is 0.671. The zero-order valence-corrected chi connectivity index (χ0v) is 8.42. The van der Waals surface area contributed by atoms with E-state index in [0.29, 0.717) is 9.47 Å². The van der Waals surface area contributed by atoms with Gasteiger partial charge in [-0.1, -0.05) is 0 Å². The van der Waals surface area contributed by atoms with Gasteiger partial charge in [0.1, 0.15) is 4.88 Å². The van der Waals surface area contributed by atoms with Crippen LogP contribution in [0.4, 0.5) is 5.69 Å². The van der Waals surface area contributed by atoms with Crippen LogP contribution in [0, 0.1) is 0 Å². The Hall–Kier alpha value is -0.260. The summed E-state index contributed by atoms with van der Waals surface area (Å²) in [4.78, 5) is 10.6. The molecule has 1 aromatic heterocycles. The molecule has 0 radical (unpaired) electrons. The van der Waals surface area contributed by atoms with Crippen molar-refractivity contribution in [2.45, 2.75) is 0 Å². The SMILES string of the molecule is Cl.Nc1cc(C(=O)O)sc1Br. The summed E-state index contributed by atoms with van der Waals surface area (Å²) in [6.45, 7) is 0. The molecular formula is C5H5BrClNO2S. The molecule has 0 bridgehead atoms. The van der Waals surface area contributed by atoms with Crippen molar-refractivity contribution in [3.63, 3.8) is 0 Å². The number of carboxylic acids is 1. The van der Waals surface area contributed by atoms with Crippen molar-refractivity contribution in [3.8, 4) is 0 Å². The quantitative estimate of drug-likeness (QED) is 0.812. The monoisotopic (exact) mass is 257 g/mol. The number of hydrogen-bond acceptors (Lipinski definition) is 3. The van der Waals surface area contributed by atoms with Crippen LogP contribution in [0.1, 0.15) is 9.67 Å². The minimum atomic E-state index is -0.942. The first-order chi connectivity index (χ1) is 4.61. The van der Waals surface area contributed by atoms with Crippen LogP contribution >= 0.6 is 39.7 Å². The van der Waals surface area contributed by atoms with Gasteiger partial charge >= 0.3 is 5.97 Å². The van der Waals surface area contributed by atoms with E-state index < -0.39 is 5.97 Å². The topological polar surface area (TPSA) is 63.3 Å². The van der Waals surface area contributed by atoms with Crippen LogP contribution in [0.3, 0.4) is 0 Å². The van der Waals surface area contributed by atoms with E-state index in [4.69, 9.17) is 10.8 Å². The Labute approximate surface area is 81.8 Å². The van der Waals surface area contributed by atoms with E-state index >= 15 is 0 Å². The molecule has 0 aliphatic heterocycles. The van der Waals surface area contributed by atoms with Gasteiger partial charge in [-0.2, -0.15) is 0 Å². The fourth-order valence-corrected chi connectivity index (χ4v) is 1.77. The van der Waals surface area contributed by atoms with Crippen molar-refractivity contribution in [2.75, 3.05) is 5.73 Å². The highest BCUT2D eigenvalue weighted by atomic mass is 79.9. The average molecular weight is 259 g/mol. The van der Waals surface area contributed by atoms with Crippen molar-refractivity contribution < 1.29 is 9.90 Å². The van der Waals surface area contributed by atoms with Crippen LogP contribution < -0.4 is 5.73 Å². The smallest absolute Gasteiger partial charge is 0.345 e. The molecule has 1 rings (SSSR count). The van der Waals surface area contributed by atoms with Crippen LogP contribution in [-0.2, 0) is 0 Å². The van der Waals surface area contributed by atoms with E-state index in [1.807, 2.05) is 0 Å². The highest BCUT2D eigenvalue weighted by Crippen LogP contribution is 2.29. The van der Waals surface area contributed by atoms with Gasteiger partial charge in [-0.05, 0) is 22.0 Å². The van der Waals surface area contributed by atoms with Crippen molar-refractivity contribution in [1.82, 2.24) is 0 Å². The summed E-state index contributed by atoms with van der Waals surface area (Å²) in [6, 6.07) is 1.43. The highest BCUT2D eigenvalue weighted by molar-refractivity contribution is 9.11. The lowest BCUT2D eigenvalue weighted by atomic mass is 10.4. The summed E-state index contributed by atoms with van der Waals surface area (Å²) in [5, 5.41) is 8.46. The third-order valence-electron chi connectivity index (χ3n) is 0.924. The number of halogens is 2. The molecule has 1 heterocycles. The van der Waals surface area contributed by atoms with Gasteiger partial charge in [0.05, 0.1) is 9.47 Å². The molecule has 1 aromatic rings. The zero-order valence-electron chi connectivity index (χ0n) is 5.20. The Kier molecular flexibility index (Phi) is 3.85. The van der Waals surface area contributed by atoms with E-state index in [2.05, 4.69) is 15.9 Å². The first-order valence-electron chi connectivity index (χ1n) is 2.39. The maximum absolute atomic E-state index is 10.3. The lowest BCUT2D eigenvalue weighted by molar-refractivity contribution is 0.0702. The molecule has 11 heavy (non-hydrogen) atoms. The molecule has 0 spiro atoms. The summed E-state index contributed by atoms with van der Waals surface area (Å²) >= 11 is 4.23. The lowest BCUT2D eigenvalue weighted by Crippen LogP contribution is -1.90. The van der Waals surface area contributed by atoms with E-state index in [0.717, 1.165) is 11.3 Å². The lowest BCUT2D eigenvalue weighted by Gasteiger charge is -1.79. The van der Waals surface area contributed by atoms with Crippen molar-refractivity contribution in [2.24, 2.45) is 0 Å². The molecule has 62 valence electrons. The van der Waals surface area contributed by atoms with Crippen molar-refractivity contribution in [3.05, 3.63) is 14.7 Å². The Morgan fingerprint density at radius 3 is 2.45 bits per heavy atom. The Bertz CT molecular complexity index is 256. The zero-order chi connectivity index (χ0) is 7.72. The first kappa shape index (κ1) is 10.7. The minimum absolute atomic E-state index is 0. The normalized spacial score (nSPS) is 8.82. The summed E-state index contributed by atoms with van der Waals surface area (Å²) in [5.41, 5.74) is 5.85. The minimum Gasteiger partial charge on any atom is -0.477 e. The Balaban J connectivity index is 0.000001000. The number of rotatable bonds is 1. The molecule has 0 atom stereocenters. The average Bonchev–Trinajstić information content (AvgIpc) is 2.13. The summed E-state index contributed by atoms with van der Waals surface area (Å²) in [6.07, 6.45) is 0. The third-order valence-corrected chi connectivity index (χ3v) is 2.79. The molecule has 0 saturated carbocycles. The molecule has 3 nitrogen and oxygen atoms in total. The second-order valence-electron chi connectivity index (χ2n) is 1.64. The van der Waals surface area contributed by atoms with Gasteiger partial charge in [0, 0.05) is 0 Å². The maximum Gasteiger partial charge on any atom is 0.345 e. The van der Waals surface area contributed by atoms with E-state index in [9.17, 15) is 4.79 Å². The van der Waals surface area contributed by atoms with E-state index in [-0.39, 0.29) is 17.3 Å². The summed E-state index contributed by atoms with van der Waals surface area (Å²) in [7, 11) is 0. The van der Waals surface area contributed by atoms with Crippen molar-refractivity contribution in [1.29, 1.82) is 0 Å². The van der Waals surface area contributed by atoms with Crippen LogP contribution in [-0.4, -0.2) is 11.1 Å². The van der Waals surface area contributed by atoms with Gasteiger partial charge in [0.25, 0.3) is 0 Å². The van der Waals surface area contributed by atoms with E-state index in [1.54, 1.807) is 0 Å². The number of carbonyl (C=O) groups is 1. The number of carboxylic acid groups (broad SMARTS) is 1. The number of thiophene rings is 1. The molecule has 0 saturated heterocycles. The molecule has 0 aliphatic rings. The van der Waals surface area contributed by atoms with Crippen LogP contribution in [0.15, 0.2) is 9.85 Å². The van der Waals surface area contributed by atoms with Gasteiger partial charge < -0.3 is 10.8 Å². The third kappa shape index (κ3) is 2.36. The molecular weight excluding hydrogens is 253 g/mol. The van der Waals surface area contributed by atoms with Gasteiger partial charge in [0.15, 0.2) is 0 Å². The first-order valence-corrected chi connectivity index (χ1v) is 4.00. The molecule has 0 aliphatic carbocycles. The molecule has 0 aromatic carbocycles. The second kappa shape index (κ2) is 3.94. The maximum atomic E-state index is 10.3. The van der Waals surface area contributed by atoms with Gasteiger partial charge in [-0.25, -0.2) is 4.79 Å². The summed E-state index contributed by atoms with van der Waals surface area (Å²) in [5.74, 6) is -0.942. The van der Waals surface area contributed by atoms with Crippen molar-refractivity contribution >= 4 is 51.3 Å². The second-order valence-corrected chi connectivity index (χ2v) is 4.01. The fourth-order valence-electron chi connectivity index (χ4n) is 0.488. The van der Waals surface area contributed by atoms with E-state index in [1.165, 1.54) is 6.07 Å². The van der Waals surface area contributed by atoms with Gasteiger partial charge in [-0.3, -0.25) is 0 Å². The Morgan fingerprint density at radius 1 is 1.73 bits per heavy atom. The van der Waals surface area contributed by atoms with Crippen LogP contribution in [0.25, 0.3) is 0 Å². The number of aromatic carboxylic acids is 1. The predicted molar refractivity (Wildman–Crippen MR) is 50.6 cm³/mol. The van der Waals surface area contributed by atoms with Gasteiger partial charge in [0.2, 0.25) is 0 Å². The number of hydrogen-bond donors (Lipinski definition) is 2. The van der Waals surface area contributed by atoms with Crippen LogP contribution in [0.2, 0.25) is 0 Å². The van der Waals surface area contributed by atoms with Gasteiger partial charge in [-0.15, -0.1) is 23.7 Å². The van der Waals surface area contributed by atoms with Crippen LogP contribution in [0.5, 0.6) is 0 Å². The Morgan fingerprint density at radius 2 is 2.27 bits per heavy atom. The molecule has 0 unspecified atom stereocenters. The number of nitrogen functional groups attached to an aromatic ring is 1. The molecule has 6 heteroatoms. The number of anilines is 1. The molecule has 0 fully saturated rings. The fraction of sp³-hybridized carbons (Fsp3) is 0.